The van der Waals surface area contributed by atoms with Crippen molar-refractivity contribution in [3.8, 4) is 11.3 Å². The van der Waals surface area contributed by atoms with Gasteiger partial charge < -0.3 is 16.0 Å². The van der Waals surface area contributed by atoms with E-state index in [-0.39, 0.29) is 17.0 Å². The van der Waals surface area contributed by atoms with Crippen molar-refractivity contribution in [1.29, 1.82) is 0 Å². The van der Waals surface area contributed by atoms with Gasteiger partial charge in [-0.15, -0.1) is 12.6 Å². The van der Waals surface area contributed by atoms with Gasteiger partial charge in [-0.05, 0) is 83.6 Å². The van der Waals surface area contributed by atoms with Gasteiger partial charge in [0.1, 0.15) is 11.0 Å². The summed E-state index contributed by atoms with van der Waals surface area (Å²) >= 11 is 3.99. The Hall–Kier alpha value is -1.82. The second-order valence-corrected chi connectivity index (χ2v) is 13.8. The predicted octanol–water partition coefficient (Wildman–Crippen LogP) is 6.61. The van der Waals surface area contributed by atoms with Crippen LogP contribution in [-0.4, -0.2) is 26.8 Å². The molecule has 1 heterocycles. The van der Waals surface area contributed by atoms with Crippen LogP contribution in [0.2, 0.25) is 0 Å². The summed E-state index contributed by atoms with van der Waals surface area (Å²) in [6.07, 6.45) is 2.10. The molecule has 0 aliphatic heterocycles. The zero-order valence-corrected chi connectivity index (χ0v) is 26.2. The number of alkyl halides is 3. The van der Waals surface area contributed by atoms with E-state index in [0.717, 1.165) is 43.9 Å². The van der Waals surface area contributed by atoms with E-state index in [1.54, 1.807) is 26.0 Å². The molecule has 5 N–H and O–H groups in total. The van der Waals surface area contributed by atoms with Crippen LogP contribution in [0.4, 0.5) is 13.2 Å². The molecule has 1 aliphatic carbocycles. The molecule has 1 aromatic carbocycles. The lowest BCUT2D eigenvalue weighted by molar-refractivity contribution is -0.139. The van der Waals surface area contributed by atoms with Gasteiger partial charge in [-0.25, -0.2) is 8.93 Å². The monoisotopic (exact) mass is 602 g/mol. The maximum Gasteiger partial charge on any atom is 0.417 e. The third kappa shape index (κ3) is 9.63. The maximum atomic E-state index is 13.6. The van der Waals surface area contributed by atoms with Crippen LogP contribution in [0, 0.1) is 18.3 Å². The lowest BCUT2D eigenvalue weighted by Gasteiger charge is -2.24. The Balaban J connectivity index is 0.000000840. The van der Waals surface area contributed by atoms with E-state index in [4.69, 9.17) is 11.5 Å². The topological polar surface area (TPSA) is 103 Å². The SMILES string of the molecule is CCC(C)(C)N.Cc1c(S(=O)NCC(C)(C)C(N)=O)cc(-c2ccc(S)c(C(F)(F)F)c2)n1CC1CCCCC1. The first-order valence-electron chi connectivity index (χ1n) is 13.7. The number of carbonyl (C=O) groups is 1. The summed E-state index contributed by atoms with van der Waals surface area (Å²) in [4.78, 5) is 12.0. The molecule has 2 aromatic rings. The first-order valence-corrected chi connectivity index (χ1v) is 15.3. The van der Waals surface area contributed by atoms with Crippen LogP contribution in [0.25, 0.3) is 11.3 Å². The van der Waals surface area contributed by atoms with Gasteiger partial charge in [0.05, 0.1) is 15.9 Å². The van der Waals surface area contributed by atoms with Gasteiger partial charge in [0.25, 0.3) is 0 Å². The molecule has 0 spiro atoms. The van der Waals surface area contributed by atoms with Crippen LogP contribution in [0.15, 0.2) is 34.1 Å². The number of carbonyl (C=O) groups excluding carboxylic acids is 1. The zero-order chi connectivity index (χ0) is 30.5. The normalized spacial score (nSPS) is 15.9. The van der Waals surface area contributed by atoms with Gasteiger partial charge in [0, 0.05) is 34.9 Å². The molecule has 1 amide bonds. The van der Waals surface area contributed by atoms with Crippen molar-refractivity contribution in [2.75, 3.05) is 6.54 Å². The van der Waals surface area contributed by atoms with Crippen molar-refractivity contribution in [3.63, 3.8) is 0 Å². The predicted molar refractivity (Wildman–Crippen MR) is 159 cm³/mol. The van der Waals surface area contributed by atoms with Gasteiger partial charge in [0.2, 0.25) is 5.91 Å². The highest BCUT2D eigenvalue weighted by molar-refractivity contribution is 7.83. The average molecular weight is 603 g/mol. The van der Waals surface area contributed by atoms with Crippen molar-refractivity contribution in [1.82, 2.24) is 9.29 Å². The summed E-state index contributed by atoms with van der Waals surface area (Å²) < 4.78 is 58.7. The van der Waals surface area contributed by atoms with Crippen molar-refractivity contribution in [2.24, 2.45) is 22.8 Å². The third-order valence-corrected chi connectivity index (χ3v) is 9.12. The van der Waals surface area contributed by atoms with Crippen molar-refractivity contribution >= 4 is 29.5 Å². The number of rotatable bonds is 9. The number of primary amides is 1. The average Bonchev–Trinajstić information content (AvgIpc) is 3.18. The summed E-state index contributed by atoms with van der Waals surface area (Å²) in [6, 6.07) is 5.75. The van der Waals surface area contributed by atoms with Gasteiger partial charge in [0.15, 0.2) is 0 Å². The molecule has 226 valence electrons. The summed E-state index contributed by atoms with van der Waals surface area (Å²) in [6.45, 7) is 12.0. The maximum absolute atomic E-state index is 13.6. The number of aromatic nitrogens is 1. The second kappa shape index (κ2) is 13.9. The van der Waals surface area contributed by atoms with Crippen molar-refractivity contribution in [2.45, 2.75) is 108 Å². The van der Waals surface area contributed by atoms with Gasteiger partial charge in [-0.3, -0.25) is 4.79 Å². The molecule has 1 aliphatic rings. The van der Waals surface area contributed by atoms with Gasteiger partial charge in [-0.1, -0.05) is 32.3 Å². The molecule has 1 atom stereocenters. The smallest absolute Gasteiger partial charge is 0.369 e. The van der Waals surface area contributed by atoms with Crippen LogP contribution in [0.3, 0.4) is 0 Å². The zero-order valence-electron chi connectivity index (χ0n) is 24.5. The fourth-order valence-electron chi connectivity index (χ4n) is 4.24. The molecule has 0 radical (unpaired) electrons. The van der Waals surface area contributed by atoms with Crippen LogP contribution in [-0.2, 0) is 28.5 Å². The minimum Gasteiger partial charge on any atom is -0.369 e. The van der Waals surface area contributed by atoms with E-state index in [1.807, 2.05) is 25.3 Å². The Morgan fingerprint density at radius 3 is 2.20 bits per heavy atom. The first-order chi connectivity index (χ1) is 18.4. The lowest BCUT2D eigenvalue weighted by atomic mass is 9.89. The number of hydrogen-bond donors (Lipinski definition) is 4. The largest absolute Gasteiger partial charge is 0.417 e. The number of nitrogens with two attached hydrogens (primary N) is 2. The van der Waals surface area contributed by atoms with E-state index in [2.05, 4.69) is 24.3 Å². The van der Waals surface area contributed by atoms with Gasteiger partial charge in [-0.2, -0.15) is 13.2 Å². The molecule has 40 heavy (non-hydrogen) atoms. The third-order valence-electron chi connectivity index (χ3n) is 7.51. The number of thiol groups is 1. The molecular formula is C29H45F3N4O2S2. The van der Waals surface area contributed by atoms with E-state index in [9.17, 15) is 22.2 Å². The fraction of sp³-hybridized carbons (Fsp3) is 0.621. The molecule has 11 heteroatoms. The minimum absolute atomic E-state index is 0.0417. The number of hydrogen-bond acceptors (Lipinski definition) is 4. The Morgan fingerprint density at radius 2 is 1.70 bits per heavy atom. The number of amides is 1. The molecule has 1 aromatic heterocycles. The van der Waals surface area contributed by atoms with E-state index >= 15 is 0 Å². The van der Waals surface area contributed by atoms with Crippen molar-refractivity contribution in [3.05, 3.63) is 35.5 Å². The fourth-order valence-corrected chi connectivity index (χ4v) is 5.75. The summed E-state index contributed by atoms with van der Waals surface area (Å²) in [5.74, 6) is -0.108. The van der Waals surface area contributed by atoms with Crippen LogP contribution < -0.4 is 16.2 Å². The molecule has 0 saturated heterocycles. The summed E-state index contributed by atoms with van der Waals surface area (Å²) in [5, 5.41) is 0. The van der Waals surface area contributed by atoms with E-state index in [1.165, 1.54) is 12.5 Å². The highest BCUT2D eigenvalue weighted by Crippen LogP contribution is 2.38. The highest BCUT2D eigenvalue weighted by atomic mass is 32.2. The highest BCUT2D eigenvalue weighted by Gasteiger charge is 2.34. The molecule has 1 fully saturated rings. The van der Waals surface area contributed by atoms with E-state index < -0.39 is 34.0 Å². The molecule has 3 rings (SSSR count). The van der Waals surface area contributed by atoms with E-state index in [0.29, 0.717) is 28.6 Å². The number of nitrogens with one attached hydrogen (secondary N) is 1. The number of benzene rings is 1. The Morgan fingerprint density at radius 1 is 1.12 bits per heavy atom. The molecule has 1 unspecified atom stereocenters. The Bertz CT molecular complexity index is 1180. The van der Waals surface area contributed by atoms with Gasteiger partial charge >= 0.3 is 6.18 Å². The quantitative estimate of drug-likeness (QED) is 0.243. The molecule has 6 nitrogen and oxygen atoms in total. The Kier molecular flexibility index (Phi) is 11.9. The Labute approximate surface area is 244 Å². The van der Waals surface area contributed by atoms with Crippen LogP contribution >= 0.6 is 12.6 Å². The van der Waals surface area contributed by atoms with Crippen molar-refractivity contribution < 1.29 is 22.2 Å². The first kappa shape index (κ1) is 34.4. The van der Waals surface area contributed by atoms with Crippen LogP contribution in [0.1, 0.15) is 84.4 Å². The second-order valence-electron chi connectivity index (χ2n) is 12.0. The standard InChI is InChI=1S/C24H32F3N3O2S2.C5H13N/c1-15-21(34(32)29-14-23(2,3)22(28)31)12-19(30(15)13-16-7-5-4-6-8-16)17-9-10-20(33)18(11-17)24(25,26)27;1-4-5(2,3)6/h9-12,16,29,33H,4-8,13-14H2,1-3H3,(H2,28,31);4,6H2,1-3H3. The number of halogens is 3. The minimum atomic E-state index is -4.53. The molecule has 0 bridgehead atoms. The lowest BCUT2D eigenvalue weighted by Crippen LogP contribution is -2.41. The molecular weight excluding hydrogens is 557 g/mol. The summed E-state index contributed by atoms with van der Waals surface area (Å²) in [7, 11) is -1.67. The summed E-state index contributed by atoms with van der Waals surface area (Å²) in [5.41, 5.74) is 11.0. The molecule has 1 saturated carbocycles. The van der Waals surface area contributed by atoms with Crippen LogP contribution in [0.5, 0.6) is 0 Å². The number of nitrogens with zero attached hydrogens (tertiary/aromatic N) is 1.